The first-order valence-corrected chi connectivity index (χ1v) is 9.60. The summed E-state index contributed by atoms with van der Waals surface area (Å²) in [4.78, 5) is 0.174. The van der Waals surface area contributed by atoms with Gasteiger partial charge in [0.2, 0.25) is 0 Å². The van der Waals surface area contributed by atoms with Gasteiger partial charge in [-0.3, -0.25) is 0 Å². The van der Waals surface area contributed by atoms with E-state index in [4.69, 9.17) is 19.9 Å². The summed E-state index contributed by atoms with van der Waals surface area (Å²) in [6, 6.07) is 5.97. The summed E-state index contributed by atoms with van der Waals surface area (Å²) in [7, 11) is -3.51. The van der Waals surface area contributed by atoms with Gasteiger partial charge in [-0.25, -0.2) is 12.8 Å². The van der Waals surface area contributed by atoms with Crippen molar-refractivity contribution in [2.24, 2.45) is 5.73 Å². The average molecular weight is 373 g/mol. The van der Waals surface area contributed by atoms with Crippen molar-refractivity contribution in [2.45, 2.75) is 30.4 Å². The highest BCUT2D eigenvalue weighted by Crippen LogP contribution is 2.22. The maximum absolute atomic E-state index is 12.5. The van der Waals surface area contributed by atoms with E-state index in [2.05, 4.69) is 0 Å². The van der Waals surface area contributed by atoms with Gasteiger partial charge in [0.1, 0.15) is 12.4 Å². The van der Waals surface area contributed by atoms with Crippen molar-refractivity contribution < 1.29 is 27.0 Å². The maximum atomic E-state index is 12.5. The average Bonchev–Trinajstić information content (AvgIpc) is 2.58. The van der Waals surface area contributed by atoms with Crippen molar-refractivity contribution in [3.05, 3.63) is 36.2 Å². The second-order valence-corrected chi connectivity index (χ2v) is 8.55. The van der Waals surface area contributed by atoms with Gasteiger partial charge in [0, 0.05) is 12.1 Å². The number of hydrogen-bond acceptors (Lipinski definition) is 6. The highest BCUT2D eigenvalue weighted by Gasteiger charge is 2.31. The molecule has 2 rings (SSSR count). The molecule has 0 radical (unpaired) electrons. The summed E-state index contributed by atoms with van der Waals surface area (Å²) in [5, 5.41) is 0. The Morgan fingerprint density at radius 2 is 2.08 bits per heavy atom. The van der Waals surface area contributed by atoms with Crippen molar-refractivity contribution in [3.8, 4) is 5.75 Å². The number of halogens is 1. The first kappa shape index (κ1) is 19.8. The Morgan fingerprint density at radius 3 is 2.60 bits per heavy atom. The minimum Gasteiger partial charge on any atom is -0.489 e. The van der Waals surface area contributed by atoms with Crippen LogP contribution in [0.3, 0.4) is 0 Å². The van der Waals surface area contributed by atoms with E-state index >= 15 is 0 Å². The zero-order valence-electron chi connectivity index (χ0n) is 14.4. The van der Waals surface area contributed by atoms with Gasteiger partial charge in [-0.15, -0.1) is 0 Å². The molecule has 8 heteroatoms. The molecule has 25 heavy (non-hydrogen) atoms. The third kappa shape index (κ3) is 5.78. The van der Waals surface area contributed by atoms with Gasteiger partial charge in [0.15, 0.2) is 9.84 Å². The summed E-state index contributed by atoms with van der Waals surface area (Å²) in [5.41, 5.74) is 5.27. The second-order valence-electron chi connectivity index (χ2n) is 6.52. The van der Waals surface area contributed by atoms with Crippen LogP contribution < -0.4 is 10.5 Å². The normalized spacial score (nSPS) is 21.1. The topological polar surface area (TPSA) is 87.9 Å². The molecule has 1 aliphatic heterocycles. The molecule has 140 valence electrons. The van der Waals surface area contributed by atoms with Gasteiger partial charge in [0.05, 0.1) is 41.9 Å². The summed E-state index contributed by atoms with van der Waals surface area (Å²) in [6.07, 6.45) is -0.0810. The van der Waals surface area contributed by atoms with Gasteiger partial charge in [0.25, 0.3) is 0 Å². The first-order chi connectivity index (χ1) is 11.8. The molecular weight excluding hydrogens is 349 g/mol. The standard InChI is InChI=1S/C17H24FNO5S/c1-17(2)12-23-15(10-24-17)11-25(20,21)16-5-3-14(4-6-16)22-9-13(7-18)8-19/h3-7,15H,8-12,19H2,1-2H3/b13-7+/t15-/m0/s1. The summed E-state index contributed by atoms with van der Waals surface area (Å²) < 4.78 is 53.9. The molecule has 1 fully saturated rings. The second kappa shape index (κ2) is 8.27. The Bertz CT molecular complexity index is 690. The lowest BCUT2D eigenvalue weighted by molar-refractivity contribution is -0.167. The van der Waals surface area contributed by atoms with Crippen molar-refractivity contribution in [1.29, 1.82) is 0 Å². The largest absolute Gasteiger partial charge is 0.489 e. The van der Waals surface area contributed by atoms with E-state index in [9.17, 15) is 12.8 Å². The van der Waals surface area contributed by atoms with E-state index in [1.165, 1.54) is 24.3 Å². The molecule has 0 unspecified atom stereocenters. The fourth-order valence-electron chi connectivity index (χ4n) is 2.22. The number of nitrogens with two attached hydrogens (primary N) is 1. The van der Waals surface area contributed by atoms with Gasteiger partial charge in [-0.1, -0.05) is 0 Å². The highest BCUT2D eigenvalue weighted by molar-refractivity contribution is 7.91. The van der Waals surface area contributed by atoms with E-state index in [1.807, 2.05) is 13.8 Å². The fraction of sp³-hybridized carbons (Fsp3) is 0.529. The first-order valence-electron chi connectivity index (χ1n) is 7.95. The molecule has 0 aromatic heterocycles. The number of benzene rings is 1. The Hall–Kier alpha value is -1.48. The molecule has 1 aromatic carbocycles. The van der Waals surface area contributed by atoms with Crippen LogP contribution in [0.4, 0.5) is 4.39 Å². The quantitative estimate of drug-likeness (QED) is 0.785. The summed E-state index contributed by atoms with van der Waals surface area (Å²) in [6.45, 7) is 4.46. The lowest BCUT2D eigenvalue weighted by Crippen LogP contribution is -2.44. The molecule has 6 nitrogen and oxygen atoms in total. The van der Waals surface area contributed by atoms with Gasteiger partial charge in [-0.05, 0) is 38.1 Å². The minimum atomic E-state index is -3.51. The Labute approximate surface area is 147 Å². The summed E-state index contributed by atoms with van der Waals surface area (Å²) >= 11 is 0. The van der Waals surface area contributed by atoms with Crippen molar-refractivity contribution in [2.75, 3.05) is 32.1 Å². The number of sulfone groups is 1. The van der Waals surface area contributed by atoms with Crippen LogP contribution in [0.5, 0.6) is 5.75 Å². The fourth-order valence-corrected chi connectivity index (χ4v) is 3.64. The number of hydrogen-bond donors (Lipinski definition) is 1. The zero-order chi connectivity index (χ0) is 18.5. The molecule has 0 spiro atoms. The minimum absolute atomic E-state index is 0.0160. The van der Waals surface area contributed by atoms with Gasteiger partial charge in [-0.2, -0.15) is 0 Å². The molecule has 1 aromatic rings. The molecule has 2 N–H and O–H groups in total. The predicted octanol–water partition coefficient (Wildman–Crippen LogP) is 1.85. The van der Waals surface area contributed by atoms with Crippen molar-refractivity contribution in [1.82, 2.24) is 0 Å². The molecule has 0 aliphatic carbocycles. The van der Waals surface area contributed by atoms with Crippen LogP contribution in [-0.2, 0) is 19.3 Å². The van der Waals surface area contributed by atoms with E-state index in [1.54, 1.807) is 0 Å². The zero-order valence-corrected chi connectivity index (χ0v) is 15.2. The maximum Gasteiger partial charge on any atom is 0.181 e. The molecule has 1 atom stereocenters. The predicted molar refractivity (Wildman–Crippen MR) is 92.0 cm³/mol. The molecule has 0 bridgehead atoms. The lowest BCUT2D eigenvalue weighted by atomic mass is 10.1. The van der Waals surface area contributed by atoms with Crippen LogP contribution in [0.25, 0.3) is 0 Å². The van der Waals surface area contributed by atoms with Gasteiger partial charge >= 0.3 is 0 Å². The Morgan fingerprint density at radius 1 is 1.40 bits per heavy atom. The SMILES string of the molecule is CC1(C)CO[C@H](CS(=O)(=O)c2ccc(OC/C(=C/F)CN)cc2)CO1. The van der Waals surface area contributed by atoms with E-state index in [-0.39, 0.29) is 30.4 Å². The van der Waals surface area contributed by atoms with Crippen LogP contribution in [0.1, 0.15) is 13.8 Å². The van der Waals surface area contributed by atoms with Crippen molar-refractivity contribution in [3.63, 3.8) is 0 Å². The van der Waals surface area contributed by atoms with E-state index < -0.39 is 21.5 Å². The van der Waals surface area contributed by atoms with E-state index in [0.29, 0.717) is 24.3 Å². The van der Waals surface area contributed by atoms with Crippen LogP contribution >= 0.6 is 0 Å². The summed E-state index contributed by atoms with van der Waals surface area (Å²) in [5.74, 6) is 0.288. The van der Waals surface area contributed by atoms with Crippen LogP contribution in [0.15, 0.2) is 41.1 Å². The highest BCUT2D eigenvalue weighted by atomic mass is 32.2. The molecule has 1 aliphatic rings. The Balaban J connectivity index is 1.96. The Kier molecular flexibility index (Phi) is 6.56. The molecule has 1 saturated heterocycles. The smallest absolute Gasteiger partial charge is 0.181 e. The molecule has 0 amide bonds. The van der Waals surface area contributed by atoms with Gasteiger partial charge < -0.3 is 19.9 Å². The molecule has 1 heterocycles. The van der Waals surface area contributed by atoms with Crippen molar-refractivity contribution >= 4 is 9.84 Å². The third-order valence-electron chi connectivity index (χ3n) is 3.76. The monoisotopic (exact) mass is 373 g/mol. The van der Waals surface area contributed by atoms with Crippen LogP contribution in [-0.4, -0.2) is 52.2 Å². The number of ether oxygens (including phenoxy) is 3. The van der Waals surface area contributed by atoms with Crippen LogP contribution in [0, 0.1) is 0 Å². The van der Waals surface area contributed by atoms with E-state index in [0.717, 1.165) is 0 Å². The molecular formula is C17H24FNO5S. The third-order valence-corrected chi connectivity index (χ3v) is 5.56. The van der Waals surface area contributed by atoms with Crippen LogP contribution in [0.2, 0.25) is 0 Å². The number of rotatable bonds is 7. The lowest BCUT2D eigenvalue weighted by Gasteiger charge is -2.34. The molecule has 0 saturated carbocycles.